The van der Waals surface area contributed by atoms with Gasteiger partial charge in [0, 0.05) is 24.4 Å². The highest BCUT2D eigenvalue weighted by Gasteiger charge is 2.33. The van der Waals surface area contributed by atoms with Gasteiger partial charge in [0.15, 0.2) is 0 Å². The van der Waals surface area contributed by atoms with Crippen LogP contribution in [-0.4, -0.2) is 31.4 Å². The molecule has 0 unspecified atom stereocenters. The molecule has 8 heteroatoms. The number of benzene rings is 1. The minimum absolute atomic E-state index is 0.0141. The van der Waals surface area contributed by atoms with E-state index in [0.717, 1.165) is 6.07 Å². The fraction of sp³-hybridized carbons (Fsp3) is 0.412. The maximum absolute atomic E-state index is 13.1. The number of nitrogens with zero attached hydrogens (tertiary/aromatic N) is 1. The van der Waals surface area contributed by atoms with Crippen molar-refractivity contribution >= 4 is 11.7 Å². The van der Waals surface area contributed by atoms with Crippen LogP contribution in [0.25, 0.3) is 0 Å². The summed E-state index contributed by atoms with van der Waals surface area (Å²) in [6, 6.07) is 5.14. The van der Waals surface area contributed by atoms with Crippen LogP contribution in [-0.2, 0) is 22.3 Å². The molecule has 0 bridgehead atoms. The van der Waals surface area contributed by atoms with E-state index in [1.54, 1.807) is 6.92 Å². The molecule has 0 fully saturated rings. The number of carbonyl (C=O) groups is 1. The van der Waals surface area contributed by atoms with Crippen molar-refractivity contribution in [2.45, 2.75) is 26.1 Å². The highest BCUT2D eigenvalue weighted by Crippen LogP contribution is 2.32. The number of hydrogen-bond donors (Lipinski definition) is 2. The van der Waals surface area contributed by atoms with Crippen molar-refractivity contribution in [3.63, 3.8) is 0 Å². The van der Waals surface area contributed by atoms with Crippen molar-refractivity contribution in [2.75, 3.05) is 19.7 Å². The third-order valence-corrected chi connectivity index (χ3v) is 3.75. The monoisotopic (exact) mass is 355 g/mol. The van der Waals surface area contributed by atoms with E-state index in [0.29, 0.717) is 30.8 Å². The zero-order valence-electron chi connectivity index (χ0n) is 13.8. The number of nitrogens with one attached hydrogen (secondary N) is 1. The summed E-state index contributed by atoms with van der Waals surface area (Å²) in [4.78, 5) is 16.3. The first-order chi connectivity index (χ1) is 11.8. The number of aliphatic imine (C=N–C) groups is 1. The second-order valence-corrected chi connectivity index (χ2v) is 5.47. The molecule has 0 atom stereocenters. The molecular weight excluding hydrogens is 335 g/mol. The lowest BCUT2D eigenvalue weighted by molar-refractivity contribution is -0.138. The number of alkyl halides is 3. The van der Waals surface area contributed by atoms with E-state index in [-0.39, 0.29) is 24.4 Å². The second kappa shape index (κ2) is 8.15. The minimum atomic E-state index is -4.49. The maximum Gasteiger partial charge on any atom is 0.416 e. The molecule has 5 nitrogen and oxygen atoms in total. The molecule has 3 N–H and O–H groups in total. The van der Waals surface area contributed by atoms with Gasteiger partial charge in [0.2, 0.25) is 0 Å². The van der Waals surface area contributed by atoms with Crippen LogP contribution in [0.4, 0.5) is 13.2 Å². The lowest BCUT2D eigenvalue weighted by Gasteiger charge is -2.19. The largest absolute Gasteiger partial charge is 0.461 e. The van der Waals surface area contributed by atoms with Gasteiger partial charge in [-0.1, -0.05) is 18.2 Å². The molecule has 0 saturated heterocycles. The van der Waals surface area contributed by atoms with E-state index in [9.17, 15) is 18.0 Å². The van der Waals surface area contributed by atoms with Gasteiger partial charge in [-0.25, -0.2) is 4.79 Å². The Morgan fingerprint density at radius 1 is 1.36 bits per heavy atom. The number of rotatable bonds is 5. The van der Waals surface area contributed by atoms with Crippen LogP contribution in [0.1, 0.15) is 24.5 Å². The number of esters is 1. The predicted molar refractivity (Wildman–Crippen MR) is 87.9 cm³/mol. The molecule has 1 heterocycles. The van der Waals surface area contributed by atoms with Crippen molar-refractivity contribution in [2.24, 2.45) is 10.7 Å². The van der Waals surface area contributed by atoms with E-state index >= 15 is 0 Å². The average molecular weight is 355 g/mol. The summed E-state index contributed by atoms with van der Waals surface area (Å²) in [6.45, 7) is 2.48. The van der Waals surface area contributed by atoms with Crippen LogP contribution in [0.2, 0.25) is 0 Å². The van der Waals surface area contributed by atoms with Gasteiger partial charge in [-0.3, -0.25) is 4.99 Å². The van der Waals surface area contributed by atoms with Crippen LogP contribution < -0.4 is 11.1 Å². The van der Waals surface area contributed by atoms with Crippen molar-refractivity contribution in [1.82, 2.24) is 5.32 Å². The first kappa shape index (κ1) is 19.0. The molecule has 0 aromatic heterocycles. The third-order valence-electron chi connectivity index (χ3n) is 3.75. The molecule has 1 aliphatic rings. The summed E-state index contributed by atoms with van der Waals surface area (Å²) < 4.78 is 44.3. The molecule has 0 amide bonds. The normalized spacial score (nSPS) is 16.1. The summed E-state index contributed by atoms with van der Waals surface area (Å²) in [6.07, 6.45) is -3.95. The zero-order chi connectivity index (χ0) is 18.4. The standard InChI is InChI=1S/C17H20F3N3O2/c1-2-25-16(24)15(12-10-22-8-7-14(12)21)23-9-11-5-3-4-6-13(11)17(18,19)20/h3-6,22H,2,7-10,21H2,1H3. The third kappa shape index (κ3) is 4.82. The summed E-state index contributed by atoms with van der Waals surface area (Å²) in [5.74, 6) is -0.686. The predicted octanol–water partition coefficient (Wildman–Crippen LogP) is 2.42. The summed E-state index contributed by atoms with van der Waals surface area (Å²) in [5, 5.41) is 3.07. The minimum Gasteiger partial charge on any atom is -0.461 e. The first-order valence-electron chi connectivity index (χ1n) is 7.89. The van der Waals surface area contributed by atoms with Crippen molar-refractivity contribution < 1.29 is 22.7 Å². The van der Waals surface area contributed by atoms with Gasteiger partial charge in [0.25, 0.3) is 0 Å². The fourth-order valence-electron chi connectivity index (χ4n) is 2.52. The van der Waals surface area contributed by atoms with Gasteiger partial charge in [-0.05, 0) is 25.0 Å². The van der Waals surface area contributed by atoms with E-state index in [1.807, 2.05) is 0 Å². The molecule has 0 radical (unpaired) electrons. The molecule has 0 aliphatic carbocycles. The van der Waals surface area contributed by atoms with Gasteiger partial charge in [0.1, 0.15) is 5.71 Å². The molecule has 0 saturated carbocycles. The highest BCUT2D eigenvalue weighted by molar-refractivity contribution is 6.43. The van der Waals surface area contributed by atoms with Gasteiger partial charge < -0.3 is 15.8 Å². The average Bonchev–Trinajstić information content (AvgIpc) is 2.56. The van der Waals surface area contributed by atoms with Crippen molar-refractivity contribution in [3.8, 4) is 0 Å². The lowest BCUT2D eigenvalue weighted by Crippen LogP contribution is -2.34. The smallest absolute Gasteiger partial charge is 0.416 e. The quantitative estimate of drug-likeness (QED) is 0.628. The van der Waals surface area contributed by atoms with Gasteiger partial charge >= 0.3 is 12.1 Å². The van der Waals surface area contributed by atoms with Crippen molar-refractivity contribution in [3.05, 3.63) is 46.7 Å². The second-order valence-electron chi connectivity index (χ2n) is 5.47. The van der Waals surface area contributed by atoms with Gasteiger partial charge in [-0.2, -0.15) is 13.2 Å². The fourth-order valence-corrected chi connectivity index (χ4v) is 2.52. The Bertz CT molecular complexity index is 697. The molecule has 2 rings (SSSR count). The van der Waals surface area contributed by atoms with Crippen LogP contribution >= 0.6 is 0 Å². The molecule has 25 heavy (non-hydrogen) atoms. The Hall–Kier alpha value is -2.35. The Balaban J connectivity index is 2.38. The summed E-state index contributed by atoms with van der Waals surface area (Å²) in [7, 11) is 0. The summed E-state index contributed by atoms with van der Waals surface area (Å²) >= 11 is 0. The first-order valence-corrected chi connectivity index (χ1v) is 7.89. The Morgan fingerprint density at radius 2 is 2.08 bits per heavy atom. The van der Waals surface area contributed by atoms with E-state index in [4.69, 9.17) is 10.5 Å². The summed E-state index contributed by atoms with van der Waals surface area (Å²) in [5.41, 5.74) is 6.12. The topological polar surface area (TPSA) is 76.7 Å². The number of nitrogens with two attached hydrogens (primary N) is 1. The molecule has 1 aromatic rings. The highest BCUT2D eigenvalue weighted by atomic mass is 19.4. The van der Waals surface area contributed by atoms with E-state index < -0.39 is 17.7 Å². The molecule has 136 valence electrons. The van der Waals surface area contributed by atoms with Crippen LogP contribution in [0.15, 0.2) is 40.5 Å². The number of halogens is 3. The SMILES string of the molecule is CCOC(=O)C(=NCc1ccccc1C(F)(F)F)C1=C(N)CCNC1. The van der Waals surface area contributed by atoms with E-state index in [1.165, 1.54) is 18.2 Å². The lowest BCUT2D eigenvalue weighted by atomic mass is 10.0. The van der Waals surface area contributed by atoms with Crippen LogP contribution in [0.3, 0.4) is 0 Å². The Morgan fingerprint density at radius 3 is 2.72 bits per heavy atom. The molecule has 1 aliphatic heterocycles. The number of carbonyl (C=O) groups excluding carboxylic acids is 1. The van der Waals surface area contributed by atoms with Crippen LogP contribution in [0.5, 0.6) is 0 Å². The van der Waals surface area contributed by atoms with E-state index in [2.05, 4.69) is 10.3 Å². The number of ether oxygens (including phenoxy) is 1. The number of hydrogen-bond acceptors (Lipinski definition) is 5. The van der Waals surface area contributed by atoms with Gasteiger partial charge in [-0.15, -0.1) is 0 Å². The Labute approximate surface area is 143 Å². The van der Waals surface area contributed by atoms with Gasteiger partial charge in [0.05, 0.1) is 18.7 Å². The Kier molecular flexibility index (Phi) is 6.19. The molecule has 1 aromatic carbocycles. The van der Waals surface area contributed by atoms with Crippen LogP contribution in [0, 0.1) is 0 Å². The van der Waals surface area contributed by atoms with Crippen molar-refractivity contribution in [1.29, 1.82) is 0 Å². The molecule has 0 spiro atoms. The maximum atomic E-state index is 13.1. The molecular formula is C17H20F3N3O2. The zero-order valence-corrected chi connectivity index (χ0v) is 13.8.